The minimum absolute atomic E-state index is 0.0171. The molecule has 3 nitrogen and oxygen atoms in total. The van der Waals surface area contributed by atoms with E-state index >= 15 is 0 Å². The lowest BCUT2D eigenvalue weighted by Crippen LogP contribution is -2.40. The van der Waals surface area contributed by atoms with E-state index in [1.54, 1.807) is 6.07 Å². The summed E-state index contributed by atoms with van der Waals surface area (Å²) in [6, 6.07) is 4.53. The molecule has 0 aromatic heterocycles. The molecule has 0 saturated carbocycles. The molecule has 110 valence electrons. The third-order valence-corrected chi connectivity index (χ3v) is 3.17. The third-order valence-electron chi connectivity index (χ3n) is 3.17. The largest absolute Gasteiger partial charge is 0.379 e. The summed E-state index contributed by atoms with van der Waals surface area (Å²) < 4.78 is 27.3. The number of nitrogens with zero attached hydrogens (tertiary/aromatic N) is 2. The molecule has 1 aromatic carbocycles. The second-order valence-corrected chi connectivity index (χ2v) is 5.28. The summed E-state index contributed by atoms with van der Waals surface area (Å²) in [4.78, 5) is 2.23. The minimum Gasteiger partial charge on any atom is -0.379 e. The van der Waals surface area contributed by atoms with Gasteiger partial charge in [0.15, 0.2) is 11.6 Å². The number of nitriles is 1. The maximum Gasteiger partial charge on any atom is 0.150 e. The molecule has 0 fully saturated rings. The fraction of sp³-hybridized carbons (Fsp3) is 0.533. The molecule has 0 aliphatic carbocycles. The Labute approximate surface area is 119 Å². The Balaban J connectivity index is 2.69. The van der Waals surface area contributed by atoms with Crippen LogP contribution < -0.4 is 5.32 Å². The van der Waals surface area contributed by atoms with Gasteiger partial charge in [-0.15, -0.1) is 0 Å². The molecular formula is C15H21F2N3. The van der Waals surface area contributed by atoms with Crippen molar-refractivity contribution < 1.29 is 8.78 Å². The third kappa shape index (κ3) is 4.17. The van der Waals surface area contributed by atoms with Crippen molar-refractivity contribution in [3.05, 3.63) is 29.3 Å². The van der Waals surface area contributed by atoms with E-state index in [4.69, 9.17) is 5.26 Å². The van der Waals surface area contributed by atoms with Gasteiger partial charge in [0.1, 0.15) is 5.69 Å². The SMILES string of the molecule is CC(C)N(CCNc1c(F)cc(C#N)cc1F)C(C)C. The van der Waals surface area contributed by atoms with Crippen molar-refractivity contribution in [3.8, 4) is 6.07 Å². The molecule has 0 unspecified atom stereocenters. The van der Waals surface area contributed by atoms with E-state index in [9.17, 15) is 8.78 Å². The summed E-state index contributed by atoms with van der Waals surface area (Å²) in [5, 5.41) is 11.4. The number of halogens is 2. The quantitative estimate of drug-likeness (QED) is 0.869. The van der Waals surface area contributed by atoms with Crippen LogP contribution in [0.2, 0.25) is 0 Å². The first-order valence-corrected chi connectivity index (χ1v) is 6.75. The van der Waals surface area contributed by atoms with Gasteiger partial charge in [-0.3, -0.25) is 4.90 Å². The zero-order chi connectivity index (χ0) is 15.3. The summed E-state index contributed by atoms with van der Waals surface area (Å²) in [6.45, 7) is 9.47. The van der Waals surface area contributed by atoms with Crippen molar-refractivity contribution in [3.63, 3.8) is 0 Å². The van der Waals surface area contributed by atoms with Crippen LogP contribution in [0.4, 0.5) is 14.5 Å². The Morgan fingerprint density at radius 2 is 1.65 bits per heavy atom. The molecule has 0 heterocycles. The van der Waals surface area contributed by atoms with Gasteiger partial charge in [0, 0.05) is 25.2 Å². The highest BCUT2D eigenvalue weighted by atomic mass is 19.1. The second-order valence-electron chi connectivity index (χ2n) is 5.28. The average molecular weight is 281 g/mol. The maximum atomic E-state index is 13.7. The predicted molar refractivity (Wildman–Crippen MR) is 76.5 cm³/mol. The first-order valence-electron chi connectivity index (χ1n) is 6.75. The Morgan fingerprint density at radius 1 is 1.15 bits per heavy atom. The van der Waals surface area contributed by atoms with E-state index in [1.807, 2.05) is 0 Å². The molecule has 5 heteroatoms. The van der Waals surface area contributed by atoms with Crippen LogP contribution >= 0.6 is 0 Å². The number of nitrogens with one attached hydrogen (secondary N) is 1. The van der Waals surface area contributed by atoms with Crippen molar-refractivity contribution in [1.82, 2.24) is 4.90 Å². The van der Waals surface area contributed by atoms with Crippen molar-refractivity contribution in [2.45, 2.75) is 39.8 Å². The maximum absolute atomic E-state index is 13.7. The number of hydrogen-bond donors (Lipinski definition) is 1. The first-order chi connectivity index (χ1) is 9.36. The normalized spacial score (nSPS) is 11.2. The molecule has 1 aromatic rings. The summed E-state index contributed by atoms with van der Waals surface area (Å²) >= 11 is 0. The van der Waals surface area contributed by atoms with Crippen molar-refractivity contribution in [1.29, 1.82) is 5.26 Å². The zero-order valence-electron chi connectivity index (χ0n) is 12.4. The van der Waals surface area contributed by atoms with Gasteiger partial charge in [-0.05, 0) is 39.8 Å². The van der Waals surface area contributed by atoms with E-state index in [1.165, 1.54) is 0 Å². The second kappa shape index (κ2) is 7.20. The van der Waals surface area contributed by atoms with Gasteiger partial charge in [0.25, 0.3) is 0 Å². The molecular weight excluding hydrogens is 260 g/mol. The highest BCUT2D eigenvalue weighted by molar-refractivity contribution is 5.50. The fourth-order valence-corrected chi connectivity index (χ4v) is 2.23. The molecule has 0 aliphatic rings. The number of benzene rings is 1. The molecule has 0 spiro atoms. The molecule has 0 saturated heterocycles. The lowest BCUT2D eigenvalue weighted by atomic mass is 10.2. The summed E-state index contributed by atoms with van der Waals surface area (Å²) in [5.74, 6) is -1.47. The van der Waals surface area contributed by atoms with E-state index < -0.39 is 11.6 Å². The number of rotatable bonds is 6. The number of hydrogen-bond acceptors (Lipinski definition) is 3. The average Bonchev–Trinajstić information content (AvgIpc) is 2.35. The molecule has 0 amide bonds. The molecule has 0 atom stereocenters. The molecule has 0 aliphatic heterocycles. The van der Waals surface area contributed by atoms with Crippen LogP contribution in [0.15, 0.2) is 12.1 Å². The fourth-order valence-electron chi connectivity index (χ4n) is 2.23. The van der Waals surface area contributed by atoms with E-state index in [0.717, 1.165) is 12.1 Å². The minimum atomic E-state index is -0.734. The Kier molecular flexibility index (Phi) is 5.90. The monoisotopic (exact) mass is 281 g/mol. The summed E-state index contributed by atoms with van der Waals surface area (Å²) in [6.07, 6.45) is 0. The summed E-state index contributed by atoms with van der Waals surface area (Å²) in [5.41, 5.74) is -0.187. The number of anilines is 1. The Morgan fingerprint density at radius 3 is 2.05 bits per heavy atom. The van der Waals surface area contributed by atoms with Crippen LogP contribution in [0.25, 0.3) is 0 Å². The van der Waals surface area contributed by atoms with Crippen LogP contribution in [0.5, 0.6) is 0 Å². The zero-order valence-corrected chi connectivity index (χ0v) is 12.4. The molecule has 20 heavy (non-hydrogen) atoms. The van der Waals surface area contributed by atoms with Gasteiger partial charge in [0.2, 0.25) is 0 Å². The standard InChI is InChI=1S/C15H21F2N3/c1-10(2)20(11(3)4)6-5-19-15-13(16)7-12(9-18)8-14(15)17/h7-8,10-11,19H,5-6H2,1-4H3. The highest BCUT2D eigenvalue weighted by Gasteiger charge is 2.14. The van der Waals surface area contributed by atoms with Gasteiger partial charge in [0.05, 0.1) is 11.6 Å². The molecule has 0 bridgehead atoms. The Bertz CT molecular complexity index is 461. The lowest BCUT2D eigenvalue weighted by molar-refractivity contribution is 0.182. The van der Waals surface area contributed by atoms with Crippen LogP contribution in [-0.2, 0) is 0 Å². The molecule has 1 N–H and O–H groups in total. The van der Waals surface area contributed by atoms with Crippen molar-refractivity contribution >= 4 is 5.69 Å². The van der Waals surface area contributed by atoms with E-state index in [-0.39, 0.29) is 11.3 Å². The Hall–Kier alpha value is -1.67. The topological polar surface area (TPSA) is 39.1 Å². The predicted octanol–water partition coefficient (Wildman–Crippen LogP) is 3.37. The van der Waals surface area contributed by atoms with Gasteiger partial charge in [-0.1, -0.05) is 0 Å². The molecule has 1 rings (SSSR count). The lowest BCUT2D eigenvalue weighted by Gasteiger charge is -2.30. The van der Waals surface area contributed by atoms with Gasteiger partial charge < -0.3 is 5.32 Å². The van der Waals surface area contributed by atoms with Gasteiger partial charge in [-0.2, -0.15) is 5.26 Å². The van der Waals surface area contributed by atoms with Crippen molar-refractivity contribution in [2.24, 2.45) is 0 Å². The van der Waals surface area contributed by atoms with Gasteiger partial charge in [-0.25, -0.2) is 8.78 Å². The van der Waals surface area contributed by atoms with Crippen LogP contribution in [0.1, 0.15) is 33.3 Å². The van der Waals surface area contributed by atoms with E-state index in [2.05, 4.69) is 37.9 Å². The van der Waals surface area contributed by atoms with Crippen molar-refractivity contribution in [2.75, 3.05) is 18.4 Å². The molecule has 0 radical (unpaired) electrons. The van der Waals surface area contributed by atoms with E-state index in [0.29, 0.717) is 25.2 Å². The first kappa shape index (κ1) is 16.4. The van der Waals surface area contributed by atoms with Gasteiger partial charge >= 0.3 is 0 Å². The highest BCUT2D eigenvalue weighted by Crippen LogP contribution is 2.20. The van der Waals surface area contributed by atoms with Crippen LogP contribution in [0, 0.1) is 23.0 Å². The smallest absolute Gasteiger partial charge is 0.150 e. The van der Waals surface area contributed by atoms with Crippen LogP contribution in [-0.4, -0.2) is 30.1 Å². The van der Waals surface area contributed by atoms with Crippen LogP contribution in [0.3, 0.4) is 0 Å². The summed E-state index contributed by atoms with van der Waals surface area (Å²) in [7, 11) is 0.